The number of para-hydroxylation sites is 1. The van der Waals surface area contributed by atoms with Crippen molar-refractivity contribution in [2.75, 3.05) is 4.90 Å². The lowest BCUT2D eigenvalue weighted by atomic mass is 9.63. The molecule has 0 radical (unpaired) electrons. The van der Waals surface area contributed by atoms with Crippen molar-refractivity contribution in [2.24, 2.45) is 0 Å². The molecule has 2 aromatic heterocycles. The zero-order valence-electron chi connectivity index (χ0n) is 30.6. The van der Waals surface area contributed by atoms with E-state index in [0.29, 0.717) is 0 Å². The second-order valence-electron chi connectivity index (χ2n) is 16.0. The highest BCUT2D eigenvalue weighted by molar-refractivity contribution is 7.26. The average Bonchev–Trinajstić information content (AvgIpc) is 3.76. The van der Waals surface area contributed by atoms with Gasteiger partial charge in [-0.15, -0.1) is 22.7 Å². The maximum absolute atomic E-state index is 2.55. The van der Waals surface area contributed by atoms with Crippen LogP contribution in [0.15, 0.2) is 152 Å². The van der Waals surface area contributed by atoms with Crippen LogP contribution in [0.2, 0.25) is 0 Å². The van der Waals surface area contributed by atoms with Crippen LogP contribution in [0, 0.1) is 0 Å². The second kappa shape index (κ2) is 12.2. The monoisotopic (exact) mass is 719 g/mol. The van der Waals surface area contributed by atoms with Crippen molar-refractivity contribution >= 4 is 80.1 Å². The van der Waals surface area contributed by atoms with Crippen LogP contribution >= 0.6 is 22.7 Å². The molecule has 9 aromatic rings. The molecule has 0 fully saturated rings. The fraction of sp³-hybridized carbons (Fsp3) is 0.160. The van der Waals surface area contributed by atoms with Gasteiger partial charge >= 0.3 is 0 Å². The van der Waals surface area contributed by atoms with Gasteiger partial charge in [-0.3, -0.25) is 0 Å². The Morgan fingerprint density at radius 2 is 1.06 bits per heavy atom. The summed E-state index contributed by atoms with van der Waals surface area (Å²) >= 11 is 3.83. The van der Waals surface area contributed by atoms with Crippen LogP contribution in [0.1, 0.15) is 51.7 Å². The number of benzene rings is 7. The number of hydrogen-bond acceptors (Lipinski definition) is 3. The smallest absolute Gasteiger partial charge is 0.0640 e. The number of nitrogens with zero attached hydrogens (tertiary/aromatic N) is 1. The molecule has 0 spiro atoms. The first-order valence-corrected chi connectivity index (χ1v) is 20.4. The van der Waals surface area contributed by atoms with Gasteiger partial charge in [0.2, 0.25) is 0 Å². The van der Waals surface area contributed by atoms with E-state index in [2.05, 4.69) is 184 Å². The molecule has 0 saturated heterocycles. The van der Waals surface area contributed by atoms with E-state index in [1.165, 1.54) is 97.9 Å². The third-order valence-electron chi connectivity index (χ3n) is 11.8. The number of fused-ring (bicyclic) bond motifs is 7. The predicted molar refractivity (Wildman–Crippen MR) is 233 cm³/mol. The zero-order chi connectivity index (χ0) is 35.9. The molecule has 258 valence electrons. The van der Waals surface area contributed by atoms with Crippen LogP contribution in [0.5, 0.6) is 0 Å². The first-order valence-electron chi connectivity index (χ1n) is 18.7. The Hall–Kier alpha value is -5.22. The highest BCUT2D eigenvalue weighted by atomic mass is 32.1. The minimum Gasteiger partial charge on any atom is -0.308 e. The van der Waals surface area contributed by atoms with E-state index < -0.39 is 0 Å². The summed E-state index contributed by atoms with van der Waals surface area (Å²) in [4.78, 5) is 2.52. The van der Waals surface area contributed by atoms with Crippen molar-refractivity contribution in [3.63, 3.8) is 0 Å². The Morgan fingerprint density at radius 3 is 1.87 bits per heavy atom. The van der Waals surface area contributed by atoms with Crippen molar-refractivity contribution in [1.82, 2.24) is 0 Å². The van der Waals surface area contributed by atoms with Crippen molar-refractivity contribution in [1.29, 1.82) is 0 Å². The Morgan fingerprint density at radius 1 is 0.453 bits per heavy atom. The fourth-order valence-corrected chi connectivity index (χ4v) is 11.1. The van der Waals surface area contributed by atoms with E-state index in [1.54, 1.807) is 0 Å². The van der Waals surface area contributed by atoms with Crippen LogP contribution in [0.25, 0.3) is 62.6 Å². The average molecular weight is 720 g/mol. The summed E-state index contributed by atoms with van der Waals surface area (Å²) in [7, 11) is 0. The van der Waals surface area contributed by atoms with Crippen LogP contribution in [-0.2, 0) is 10.8 Å². The Kier molecular flexibility index (Phi) is 7.44. The Bertz CT molecular complexity index is 2830. The molecule has 1 aliphatic carbocycles. The SMILES string of the molecule is CC1(C)CCC(C)(C)c2cc3c(cc21)sc1c(N(c2ccc(-c4ccccc4)cc2)c2ccccc2-c2cccc4sc5ccccc5c24)cccc13. The summed E-state index contributed by atoms with van der Waals surface area (Å²) in [6, 6.07) is 56.5. The van der Waals surface area contributed by atoms with Crippen LogP contribution in [0.4, 0.5) is 17.1 Å². The lowest BCUT2D eigenvalue weighted by Gasteiger charge is -2.41. The summed E-state index contributed by atoms with van der Waals surface area (Å²) in [5.41, 5.74) is 11.8. The van der Waals surface area contributed by atoms with Gasteiger partial charge in [0.05, 0.1) is 16.1 Å². The molecule has 0 unspecified atom stereocenters. The van der Waals surface area contributed by atoms with Gasteiger partial charge in [-0.2, -0.15) is 0 Å². The number of hydrogen-bond donors (Lipinski definition) is 0. The van der Waals surface area contributed by atoms with Gasteiger partial charge < -0.3 is 4.90 Å². The number of anilines is 3. The van der Waals surface area contributed by atoms with Crippen molar-refractivity contribution in [2.45, 2.75) is 51.4 Å². The summed E-state index contributed by atoms with van der Waals surface area (Å²) in [6.07, 6.45) is 2.42. The molecule has 0 N–H and O–H groups in total. The summed E-state index contributed by atoms with van der Waals surface area (Å²) in [6.45, 7) is 9.73. The second-order valence-corrected chi connectivity index (χ2v) is 18.1. The van der Waals surface area contributed by atoms with E-state index in [4.69, 9.17) is 0 Å². The van der Waals surface area contributed by atoms with E-state index in [9.17, 15) is 0 Å². The van der Waals surface area contributed by atoms with Gasteiger partial charge in [-0.1, -0.05) is 131 Å². The van der Waals surface area contributed by atoms with Crippen molar-refractivity contribution in [3.8, 4) is 22.3 Å². The molecule has 7 aromatic carbocycles. The maximum Gasteiger partial charge on any atom is 0.0640 e. The molecule has 0 atom stereocenters. The Balaban J connectivity index is 1.23. The molecule has 0 aliphatic heterocycles. The fourth-order valence-electron chi connectivity index (χ4n) is 8.76. The van der Waals surface area contributed by atoms with Crippen molar-refractivity contribution in [3.05, 3.63) is 163 Å². The molecule has 0 saturated carbocycles. The third kappa shape index (κ3) is 5.24. The van der Waals surface area contributed by atoms with Gasteiger partial charge in [0.25, 0.3) is 0 Å². The van der Waals surface area contributed by atoms with Gasteiger partial charge in [0.1, 0.15) is 0 Å². The van der Waals surface area contributed by atoms with Gasteiger partial charge in [0, 0.05) is 46.9 Å². The normalized spacial score (nSPS) is 14.9. The highest BCUT2D eigenvalue weighted by Gasteiger charge is 2.37. The molecule has 1 nitrogen and oxygen atoms in total. The molecule has 0 bridgehead atoms. The topological polar surface area (TPSA) is 3.24 Å². The largest absolute Gasteiger partial charge is 0.308 e. The van der Waals surface area contributed by atoms with Crippen LogP contribution in [0.3, 0.4) is 0 Å². The first kappa shape index (κ1) is 32.4. The number of rotatable bonds is 5. The first-order chi connectivity index (χ1) is 25.8. The van der Waals surface area contributed by atoms with Gasteiger partial charge in [0.15, 0.2) is 0 Å². The molecular formula is C50H41NS2. The Labute approximate surface area is 319 Å². The third-order valence-corrected chi connectivity index (χ3v) is 14.1. The van der Waals surface area contributed by atoms with Gasteiger partial charge in [-0.05, 0) is 100 Å². The van der Waals surface area contributed by atoms with E-state index in [-0.39, 0.29) is 10.8 Å². The zero-order valence-corrected chi connectivity index (χ0v) is 32.2. The standard InChI is InChI=1S/C50H41NS2/c1-49(2)28-29-50(3,4)41-31-46-39(30-40(41)49)37-19-12-21-43(48(37)53-46)51(34-26-24-33(25-27-34)32-14-6-5-7-15-32)42-20-10-8-16-35(42)36-18-13-23-45-47(36)38-17-9-11-22-44(38)52-45/h5-27,30-31H,28-29H2,1-4H3. The summed E-state index contributed by atoms with van der Waals surface area (Å²) < 4.78 is 5.34. The van der Waals surface area contributed by atoms with E-state index in [1.807, 2.05) is 22.7 Å². The molecule has 0 amide bonds. The molecule has 10 rings (SSSR count). The predicted octanol–water partition coefficient (Wildman–Crippen LogP) is 15.6. The minimum absolute atomic E-state index is 0.156. The quantitative estimate of drug-likeness (QED) is 0.171. The van der Waals surface area contributed by atoms with Crippen LogP contribution < -0.4 is 4.90 Å². The number of thiophene rings is 2. The van der Waals surface area contributed by atoms with Crippen LogP contribution in [-0.4, -0.2) is 0 Å². The summed E-state index contributed by atoms with van der Waals surface area (Å²) in [5.74, 6) is 0. The molecule has 2 heterocycles. The van der Waals surface area contributed by atoms with E-state index >= 15 is 0 Å². The maximum atomic E-state index is 2.55. The van der Waals surface area contributed by atoms with E-state index in [0.717, 1.165) is 5.69 Å². The summed E-state index contributed by atoms with van der Waals surface area (Å²) in [5, 5.41) is 5.35. The molecule has 3 heteroatoms. The molecule has 1 aliphatic rings. The minimum atomic E-state index is 0.156. The molecule has 53 heavy (non-hydrogen) atoms. The highest BCUT2D eigenvalue weighted by Crippen LogP contribution is 2.52. The van der Waals surface area contributed by atoms with Gasteiger partial charge in [-0.25, -0.2) is 0 Å². The molecular weight excluding hydrogens is 679 g/mol. The lowest BCUT2D eigenvalue weighted by molar-refractivity contribution is 0.332. The van der Waals surface area contributed by atoms with Crippen molar-refractivity contribution < 1.29 is 0 Å². The lowest BCUT2D eigenvalue weighted by Crippen LogP contribution is -2.33.